The van der Waals surface area contributed by atoms with E-state index in [1.807, 2.05) is 52.0 Å². The Labute approximate surface area is 124 Å². The molecule has 0 radical (unpaired) electrons. The molecule has 0 fully saturated rings. The summed E-state index contributed by atoms with van der Waals surface area (Å²) in [5.74, 6) is 1.58. The van der Waals surface area contributed by atoms with Crippen LogP contribution in [0.1, 0.15) is 22.3 Å². The summed E-state index contributed by atoms with van der Waals surface area (Å²) in [4.78, 5) is 0. The number of aryl methyl sites for hydroxylation is 4. The van der Waals surface area contributed by atoms with Gasteiger partial charge in [-0.25, -0.2) is 0 Å². The molecule has 0 spiro atoms. The highest BCUT2D eigenvalue weighted by atomic mass is 35.5. The third-order valence-electron chi connectivity index (χ3n) is 3.06. The fourth-order valence-electron chi connectivity index (χ4n) is 2.07. The van der Waals surface area contributed by atoms with Crippen molar-refractivity contribution < 1.29 is 4.74 Å². The molecule has 100 valence electrons. The molecular formula is C16H16Cl2O. The van der Waals surface area contributed by atoms with Gasteiger partial charge in [0.2, 0.25) is 0 Å². The first kappa shape index (κ1) is 14.2. The van der Waals surface area contributed by atoms with Crippen molar-refractivity contribution in [2.45, 2.75) is 27.7 Å². The molecule has 0 aliphatic carbocycles. The van der Waals surface area contributed by atoms with E-state index >= 15 is 0 Å². The van der Waals surface area contributed by atoms with Crippen LogP contribution in [-0.4, -0.2) is 0 Å². The molecule has 0 atom stereocenters. The van der Waals surface area contributed by atoms with Crippen molar-refractivity contribution in [1.82, 2.24) is 0 Å². The highest BCUT2D eigenvalue weighted by Crippen LogP contribution is 2.32. The predicted molar refractivity (Wildman–Crippen MR) is 81.9 cm³/mol. The van der Waals surface area contributed by atoms with Crippen LogP contribution in [0.25, 0.3) is 0 Å². The summed E-state index contributed by atoms with van der Waals surface area (Å²) in [6.45, 7) is 7.89. The molecule has 0 unspecified atom stereocenters. The molecule has 2 aromatic rings. The summed E-state index contributed by atoms with van der Waals surface area (Å²) in [7, 11) is 0. The number of hydrogen-bond donors (Lipinski definition) is 0. The Morgan fingerprint density at radius 1 is 0.632 bits per heavy atom. The lowest BCUT2D eigenvalue weighted by molar-refractivity contribution is 0.481. The fraction of sp³-hybridized carbons (Fsp3) is 0.250. The predicted octanol–water partition coefficient (Wildman–Crippen LogP) is 6.02. The minimum Gasteiger partial charge on any atom is -0.457 e. The number of hydrogen-bond acceptors (Lipinski definition) is 1. The molecule has 3 heteroatoms. The van der Waals surface area contributed by atoms with Gasteiger partial charge in [0.05, 0.1) is 0 Å². The van der Waals surface area contributed by atoms with E-state index in [4.69, 9.17) is 27.9 Å². The lowest BCUT2D eigenvalue weighted by Crippen LogP contribution is -1.90. The number of benzene rings is 2. The van der Waals surface area contributed by atoms with Crippen molar-refractivity contribution >= 4 is 23.2 Å². The maximum Gasteiger partial charge on any atom is 0.128 e. The van der Waals surface area contributed by atoms with Gasteiger partial charge in [-0.15, -0.1) is 0 Å². The Morgan fingerprint density at radius 3 is 1.16 bits per heavy atom. The Morgan fingerprint density at radius 2 is 0.895 bits per heavy atom. The van der Waals surface area contributed by atoms with E-state index in [-0.39, 0.29) is 0 Å². The number of halogens is 2. The van der Waals surface area contributed by atoms with Gasteiger partial charge in [0.25, 0.3) is 0 Å². The van der Waals surface area contributed by atoms with Crippen LogP contribution in [0.15, 0.2) is 24.3 Å². The quantitative estimate of drug-likeness (QED) is 0.658. The SMILES string of the molecule is Cc1cc(Oc2cc(C)c(Cl)c(C)c2)cc(C)c1Cl. The first-order valence-corrected chi connectivity index (χ1v) is 6.85. The van der Waals surface area contributed by atoms with E-state index in [9.17, 15) is 0 Å². The monoisotopic (exact) mass is 294 g/mol. The Hall–Kier alpha value is -1.18. The molecule has 0 saturated heterocycles. The zero-order valence-electron chi connectivity index (χ0n) is 11.5. The maximum atomic E-state index is 6.15. The molecule has 2 rings (SSSR count). The molecule has 0 amide bonds. The number of ether oxygens (including phenoxy) is 1. The number of rotatable bonds is 2. The van der Waals surface area contributed by atoms with Crippen LogP contribution in [-0.2, 0) is 0 Å². The maximum absolute atomic E-state index is 6.15. The third-order valence-corrected chi connectivity index (χ3v) is 4.25. The van der Waals surface area contributed by atoms with Crippen molar-refractivity contribution in [2.24, 2.45) is 0 Å². The van der Waals surface area contributed by atoms with Gasteiger partial charge in [0.1, 0.15) is 11.5 Å². The van der Waals surface area contributed by atoms with E-state index in [2.05, 4.69) is 0 Å². The van der Waals surface area contributed by atoms with E-state index in [1.165, 1.54) is 0 Å². The molecule has 2 aromatic carbocycles. The van der Waals surface area contributed by atoms with Gasteiger partial charge in [-0.2, -0.15) is 0 Å². The van der Waals surface area contributed by atoms with Crippen LogP contribution in [0.2, 0.25) is 10.0 Å². The standard InChI is InChI=1S/C16H16Cl2O/c1-9-5-13(6-10(2)15(9)17)19-14-7-11(3)16(18)12(4)8-14/h5-8H,1-4H3. The van der Waals surface area contributed by atoms with Gasteiger partial charge in [-0.3, -0.25) is 0 Å². The van der Waals surface area contributed by atoms with Gasteiger partial charge in [-0.05, 0) is 74.2 Å². The zero-order chi connectivity index (χ0) is 14.2. The second-order valence-electron chi connectivity index (χ2n) is 4.84. The minimum atomic E-state index is 0.788. The Balaban J connectivity index is 2.36. The van der Waals surface area contributed by atoms with Crippen LogP contribution < -0.4 is 4.74 Å². The van der Waals surface area contributed by atoms with E-state index in [0.29, 0.717) is 0 Å². The third kappa shape index (κ3) is 3.05. The van der Waals surface area contributed by atoms with E-state index in [0.717, 1.165) is 43.8 Å². The topological polar surface area (TPSA) is 9.23 Å². The Kier molecular flexibility index (Phi) is 4.07. The molecule has 19 heavy (non-hydrogen) atoms. The van der Waals surface area contributed by atoms with Gasteiger partial charge in [0, 0.05) is 10.0 Å². The average Bonchev–Trinajstić information content (AvgIpc) is 2.33. The lowest BCUT2D eigenvalue weighted by atomic mass is 10.1. The Bertz CT molecular complexity index is 531. The second kappa shape index (κ2) is 5.44. The molecule has 0 aliphatic rings. The summed E-state index contributed by atoms with van der Waals surface area (Å²) < 4.78 is 5.89. The van der Waals surface area contributed by atoms with Crippen molar-refractivity contribution in [3.63, 3.8) is 0 Å². The van der Waals surface area contributed by atoms with Crippen LogP contribution in [0, 0.1) is 27.7 Å². The van der Waals surface area contributed by atoms with Gasteiger partial charge in [0.15, 0.2) is 0 Å². The summed E-state index contributed by atoms with van der Waals surface area (Å²) in [5.41, 5.74) is 4.05. The molecule has 0 heterocycles. The molecule has 0 N–H and O–H groups in total. The van der Waals surface area contributed by atoms with Crippen molar-refractivity contribution in [3.05, 3.63) is 56.6 Å². The summed E-state index contributed by atoms with van der Waals surface area (Å²) in [5, 5.41) is 1.58. The summed E-state index contributed by atoms with van der Waals surface area (Å²) >= 11 is 12.3. The second-order valence-corrected chi connectivity index (χ2v) is 5.60. The highest BCUT2D eigenvalue weighted by molar-refractivity contribution is 6.32. The molecular weight excluding hydrogens is 279 g/mol. The van der Waals surface area contributed by atoms with Crippen molar-refractivity contribution in [3.8, 4) is 11.5 Å². The normalized spacial score (nSPS) is 10.6. The first-order chi connectivity index (χ1) is 8.88. The largest absolute Gasteiger partial charge is 0.457 e. The highest BCUT2D eigenvalue weighted by Gasteiger charge is 2.07. The molecule has 0 aromatic heterocycles. The van der Waals surface area contributed by atoms with Crippen LogP contribution in [0.4, 0.5) is 0 Å². The fourth-order valence-corrected chi connectivity index (χ4v) is 2.28. The first-order valence-electron chi connectivity index (χ1n) is 6.10. The van der Waals surface area contributed by atoms with E-state index < -0.39 is 0 Å². The van der Waals surface area contributed by atoms with Crippen LogP contribution >= 0.6 is 23.2 Å². The van der Waals surface area contributed by atoms with Gasteiger partial charge in [-0.1, -0.05) is 23.2 Å². The lowest BCUT2D eigenvalue weighted by Gasteiger charge is -2.12. The zero-order valence-corrected chi connectivity index (χ0v) is 13.0. The van der Waals surface area contributed by atoms with E-state index in [1.54, 1.807) is 0 Å². The molecule has 0 bridgehead atoms. The van der Waals surface area contributed by atoms with Crippen molar-refractivity contribution in [1.29, 1.82) is 0 Å². The summed E-state index contributed by atoms with van der Waals surface area (Å²) in [6.07, 6.45) is 0. The van der Waals surface area contributed by atoms with Crippen LogP contribution in [0.5, 0.6) is 11.5 Å². The van der Waals surface area contributed by atoms with Gasteiger partial charge >= 0.3 is 0 Å². The smallest absolute Gasteiger partial charge is 0.128 e. The summed E-state index contributed by atoms with van der Waals surface area (Å²) in [6, 6.07) is 7.76. The van der Waals surface area contributed by atoms with Crippen LogP contribution in [0.3, 0.4) is 0 Å². The molecule has 0 aliphatic heterocycles. The van der Waals surface area contributed by atoms with Crippen molar-refractivity contribution in [2.75, 3.05) is 0 Å². The molecule has 0 saturated carbocycles. The average molecular weight is 295 g/mol. The minimum absolute atomic E-state index is 0.788. The van der Waals surface area contributed by atoms with Gasteiger partial charge < -0.3 is 4.74 Å². The molecule has 1 nitrogen and oxygen atoms in total.